The van der Waals surface area contributed by atoms with Crippen molar-refractivity contribution in [3.05, 3.63) is 35.4 Å². The van der Waals surface area contributed by atoms with Crippen LogP contribution in [0.3, 0.4) is 0 Å². The third-order valence-electron chi connectivity index (χ3n) is 5.29. The highest BCUT2D eigenvalue weighted by molar-refractivity contribution is 7.80. The summed E-state index contributed by atoms with van der Waals surface area (Å²) in [6.45, 7) is 13.0. The molecule has 1 fully saturated rings. The molecule has 0 aromatic heterocycles. The maximum absolute atomic E-state index is 13.7. The molecule has 178 valence electrons. The van der Waals surface area contributed by atoms with Crippen molar-refractivity contribution < 1.29 is 19.1 Å². The Bertz CT molecular complexity index is 837. The first-order chi connectivity index (χ1) is 14.9. The minimum absolute atomic E-state index is 0.0804. The number of alkyl carbamates (subject to hydrolysis) is 1. The van der Waals surface area contributed by atoms with Crippen LogP contribution in [0.15, 0.2) is 24.3 Å². The minimum Gasteiger partial charge on any atom is -0.444 e. The van der Waals surface area contributed by atoms with Gasteiger partial charge in [0.1, 0.15) is 17.7 Å². The number of hydrogen-bond acceptors (Lipinski definition) is 5. The van der Waals surface area contributed by atoms with E-state index in [0.29, 0.717) is 0 Å². The van der Waals surface area contributed by atoms with E-state index in [9.17, 15) is 14.4 Å². The molecule has 7 nitrogen and oxygen atoms in total. The number of aryl methyl sites for hydroxylation is 1. The van der Waals surface area contributed by atoms with Gasteiger partial charge < -0.3 is 20.3 Å². The number of thiol groups is 1. The largest absolute Gasteiger partial charge is 0.444 e. The highest BCUT2D eigenvalue weighted by atomic mass is 32.1. The molecule has 0 aliphatic heterocycles. The quantitative estimate of drug-likeness (QED) is 0.514. The van der Waals surface area contributed by atoms with Gasteiger partial charge in [0.15, 0.2) is 0 Å². The van der Waals surface area contributed by atoms with Gasteiger partial charge in [0.05, 0.1) is 0 Å². The third-order valence-corrected chi connectivity index (χ3v) is 5.66. The standard InChI is InChI=1S/C24H37N3O4S/c1-14(2)25-21(28)20(17-11-9-8-10-15(17)3)27(19-12-16(19)4)22(29)18(13-32)26-23(30)31-24(5,6)7/h8-11,14,16,18-20,32H,12-13H2,1-7H3,(H,25,28)(H,26,30). The van der Waals surface area contributed by atoms with Crippen LogP contribution in [0.4, 0.5) is 4.79 Å². The molecule has 1 aliphatic carbocycles. The van der Waals surface area contributed by atoms with Gasteiger partial charge in [-0.15, -0.1) is 0 Å². The number of nitrogens with zero attached hydrogens (tertiary/aromatic N) is 1. The van der Waals surface area contributed by atoms with Crippen molar-refractivity contribution in [2.24, 2.45) is 5.92 Å². The highest BCUT2D eigenvalue weighted by Crippen LogP contribution is 2.41. The van der Waals surface area contributed by atoms with Gasteiger partial charge in [-0.05, 0) is 65.0 Å². The Kier molecular flexibility index (Phi) is 8.62. The van der Waals surface area contributed by atoms with Crippen molar-refractivity contribution in [3.8, 4) is 0 Å². The van der Waals surface area contributed by atoms with Crippen molar-refractivity contribution >= 4 is 30.5 Å². The summed E-state index contributed by atoms with van der Waals surface area (Å²) in [4.78, 5) is 41.1. The Morgan fingerprint density at radius 2 is 1.78 bits per heavy atom. The summed E-state index contributed by atoms with van der Waals surface area (Å²) in [7, 11) is 0. The first-order valence-corrected chi connectivity index (χ1v) is 11.8. The lowest BCUT2D eigenvalue weighted by Crippen LogP contribution is -2.55. The van der Waals surface area contributed by atoms with Crippen LogP contribution < -0.4 is 10.6 Å². The Morgan fingerprint density at radius 1 is 1.19 bits per heavy atom. The van der Waals surface area contributed by atoms with Crippen molar-refractivity contribution in [2.75, 3.05) is 5.75 Å². The number of hydrogen-bond donors (Lipinski definition) is 3. The van der Waals surface area contributed by atoms with Gasteiger partial charge in [-0.3, -0.25) is 9.59 Å². The lowest BCUT2D eigenvalue weighted by molar-refractivity contribution is -0.143. The zero-order valence-corrected chi connectivity index (χ0v) is 21.0. The second kappa shape index (κ2) is 10.6. The van der Waals surface area contributed by atoms with Gasteiger partial charge in [0, 0.05) is 17.8 Å². The van der Waals surface area contributed by atoms with E-state index < -0.39 is 23.8 Å². The Morgan fingerprint density at radius 3 is 2.25 bits per heavy atom. The second-order valence-electron chi connectivity index (χ2n) is 9.83. The lowest BCUT2D eigenvalue weighted by Gasteiger charge is -2.35. The molecule has 2 N–H and O–H groups in total. The fourth-order valence-electron chi connectivity index (χ4n) is 3.66. The van der Waals surface area contributed by atoms with Crippen molar-refractivity contribution in [1.29, 1.82) is 0 Å². The van der Waals surface area contributed by atoms with Crippen LogP contribution in [-0.2, 0) is 14.3 Å². The molecular formula is C24H37N3O4S. The summed E-state index contributed by atoms with van der Waals surface area (Å²) >= 11 is 4.31. The number of benzene rings is 1. The molecule has 2 rings (SSSR count). The van der Waals surface area contributed by atoms with E-state index in [1.807, 2.05) is 45.0 Å². The number of rotatable bonds is 8. The van der Waals surface area contributed by atoms with Gasteiger partial charge in [0.25, 0.3) is 0 Å². The predicted molar refractivity (Wildman–Crippen MR) is 129 cm³/mol. The number of ether oxygens (including phenoxy) is 1. The summed E-state index contributed by atoms with van der Waals surface area (Å²) in [6.07, 6.45) is 0.113. The molecule has 32 heavy (non-hydrogen) atoms. The molecule has 1 aliphatic rings. The van der Waals surface area contributed by atoms with Crippen LogP contribution in [0.5, 0.6) is 0 Å². The molecule has 0 radical (unpaired) electrons. The van der Waals surface area contributed by atoms with E-state index in [2.05, 4.69) is 30.2 Å². The zero-order valence-electron chi connectivity index (χ0n) is 20.1. The molecule has 0 saturated heterocycles. The first kappa shape index (κ1) is 26.0. The maximum atomic E-state index is 13.7. The lowest BCUT2D eigenvalue weighted by atomic mass is 9.97. The average molecular weight is 464 g/mol. The van der Waals surface area contributed by atoms with Gasteiger partial charge in [-0.1, -0.05) is 31.2 Å². The van der Waals surface area contributed by atoms with E-state index in [-0.39, 0.29) is 35.6 Å². The van der Waals surface area contributed by atoms with Crippen LogP contribution in [0.1, 0.15) is 65.1 Å². The van der Waals surface area contributed by atoms with E-state index in [4.69, 9.17) is 4.74 Å². The van der Waals surface area contributed by atoms with Crippen LogP contribution in [-0.4, -0.2) is 52.3 Å². The van der Waals surface area contributed by atoms with Gasteiger partial charge >= 0.3 is 6.09 Å². The van der Waals surface area contributed by atoms with Crippen molar-refractivity contribution in [2.45, 2.75) is 84.7 Å². The van der Waals surface area contributed by atoms with E-state index in [1.165, 1.54) is 0 Å². The van der Waals surface area contributed by atoms with Crippen LogP contribution >= 0.6 is 12.6 Å². The molecule has 0 heterocycles. The number of carbonyl (C=O) groups is 3. The SMILES string of the molecule is Cc1ccccc1C(C(=O)NC(C)C)N(C(=O)C(CS)NC(=O)OC(C)(C)C)C1CC1C. The van der Waals surface area contributed by atoms with Gasteiger partial charge in [-0.2, -0.15) is 12.6 Å². The Hall–Kier alpha value is -2.22. The number of amides is 3. The summed E-state index contributed by atoms with van der Waals surface area (Å²) in [5, 5.41) is 5.61. The van der Waals surface area contributed by atoms with Gasteiger partial charge in [-0.25, -0.2) is 4.79 Å². The fourth-order valence-corrected chi connectivity index (χ4v) is 3.91. The summed E-state index contributed by atoms with van der Waals surface area (Å²) in [5.41, 5.74) is 0.998. The Labute approximate surface area is 197 Å². The van der Waals surface area contributed by atoms with Crippen molar-refractivity contribution in [1.82, 2.24) is 15.5 Å². The van der Waals surface area contributed by atoms with Crippen LogP contribution in [0.25, 0.3) is 0 Å². The van der Waals surface area contributed by atoms with Gasteiger partial charge in [0.2, 0.25) is 11.8 Å². The van der Waals surface area contributed by atoms with E-state index in [0.717, 1.165) is 17.5 Å². The maximum Gasteiger partial charge on any atom is 0.408 e. The molecule has 4 atom stereocenters. The smallest absolute Gasteiger partial charge is 0.408 e. The van der Waals surface area contributed by atoms with Crippen LogP contribution in [0, 0.1) is 12.8 Å². The van der Waals surface area contributed by atoms with E-state index >= 15 is 0 Å². The molecule has 3 amide bonds. The molecule has 0 spiro atoms. The second-order valence-corrected chi connectivity index (χ2v) is 10.2. The van der Waals surface area contributed by atoms with Crippen molar-refractivity contribution in [3.63, 3.8) is 0 Å². The van der Waals surface area contributed by atoms with E-state index in [1.54, 1.807) is 25.7 Å². The average Bonchev–Trinajstić information content (AvgIpc) is 3.38. The molecule has 8 heteroatoms. The minimum atomic E-state index is -0.917. The predicted octanol–water partition coefficient (Wildman–Crippen LogP) is 3.62. The monoisotopic (exact) mass is 463 g/mol. The molecule has 4 unspecified atom stereocenters. The molecule has 1 aromatic carbocycles. The fraction of sp³-hybridized carbons (Fsp3) is 0.625. The number of carbonyl (C=O) groups excluding carboxylic acids is 3. The topological polar surface area (TPSA) is 87.7 Å². The summed E-state index contributed by atoms with van der Waals surface area (Å²) in [6, 6.07) is 5.69. The molecular weight excluding hydrogens is 426 g/mol. The summed E-state index contributed by atoms with van der Waals surface area (Å²) < 4.78 is 5.33. The normalized spacial score (nSPS) is 19.7. The highest BCUT2D eigenvalue weighted by Gasteiger charge is 2.48. The zero-order chi connectivity index (χ0) is 24.2. The molecule has 1 saturated carbocycles. The summed E-state index contributed by atoms with van der Waals surface area (Å²) in [5.74, 6) is -0.231. The Balaban J connectivity index is 2.43. The third kappa shape index (κ3) is 6.89. The number of nitrogens with one attached hydrogen (secondary N) is 2. The van der Waals surface area contributed by atoms with Crippen LogP contribution in [0.2, 0.25) is 0 Å². The first-order valence-electron chi connectivity index (χ1n) is 11.1. The molecule has 0 bridgehead atoms. The molecule has 1 aromatic rings.